The van der Waals surface area contributed by atoms with Gasteiger partial charge in [0.1, 0.15) is 11.5 Å². The number of rotatable bonds is 3. The van der Waals surface area contributed by atoms with Crippen LogP contribution in [0.5, 0.6) is 0 Å². The summed E-state index contributed by atoms with van der Waals surface area (Å²) in [7, 11) is 0. The summed E-state index contributed by atoms with van der Waals surface area (Å²) < 4.78 is 5.50. The van der Waals surface area contributed by atoms with Gasteiger partial charge in [-0.05, 0) is 12.8 Å². The maximum atomic E-state index is 12.8. The average molecular weight is 353 g/mol. The molecule has 2 aromatic rings. The van der Waals surface area contributed by atoms with Gasteiger partial charge in [0.2, 0.25) is 11.8 Å². The highest BCUT2D eigenvalue weighted by Gasteiger charge is 2.29. The maximum Gasteiger partial charge on any atom is 0.242 e. The van der Waals surface area contributed by atoms with Crippen LogP contribution in [0.2, 0.25) is 0 Å². The molecular weight excluding hydrogens is 330 g/mol. The molecule has 0 aliphatic carbocycles. The Kier molecular flexibility index (Phi) is 4.73. The van der Waals surface area contributed by atoms with E-state index in [-0.39, 0.29) is 18.4 Å². The van der Waals surface area contributed by atoms with E-state index in [1.807, 2.05) is 35.2 Å². The molecule has 2 aliphatic heterocycles. The number of likely N-dealkylation sites (tertiary alicyclic amines) is 1. The first kappa shape index (κ1) is 16.8. The predicted octanol–water partition coefficient (Wildman–Crippen LogP) is 2.63. The number of hydrogen-bond acceptors (Lipinski definition) is 4. The Morgan fingerprint density at radius 3 is 2.77 bits per heavy atom. The summed E-state index contributed by atoms with van der Waals surface area (Å²) in [5, 5.41) is 4.22. The van der Waals surface area contributed by atoms with Gasteiger partial charge in [0.25, 0.3) is 0 Å². The van der Waals surface area contributed by atoms with Crippen molar-refractivity contribution < 1.29 is 14.1 Å². The molecule has 2 amide bonds. The van der Waals surface area contributed by atoms with Crippen molar-refractivity contribution in [3.05, 3.63) is 41.7 Å². The molecule has 0 unspecified atom stereocenters. The highest BCUT2D eigenvalue weighted by molar-refractivity contribution is 5.85. The number of aromatic nitrogens is 1. The zero-order valence-electron chi connectivity index (χ0n) is 14.8. The van der Waals surface area contributed by atoms with Crippen molar-refractivity contribution in [1.82, 2.24) is 15.0 Å². The fourth-order valence-corrected chi connectivity index (χ4v) is 3.71. The lowest BCUT2D eigenvalue weighted by Crippen LogP contribution is -2.44. The van der Waals surface area contributed by atoms with Crippen LogP contribution in [0, 0.1) is 0 Å². The van der Waals surface area contributed by atoms with E-state index in [9.17, 15) is 9.59 Å². The summed E-state index contributed by atoms with van der Waals surface area (Å²) in [6.07, 6.45) is 4.19. The lowest BCUT2D eigenvalue weighted by molar-refractivity contribution is -0.140. The van der Waals surface area contributed by atoms with Crippen molar-refractivity contribution >= 4 is 11.8 Å². The second-order valence-corrected chi connectivity index (χ2v) is 6.99. The molecule has 6 heteroatoms. The molecule has 0 bridgehead atoms. The van der Waals surface area contributed by atoms with Crippen LogP contribution in [0.1, 0.15) is 37.0 Å². The third-order valence-corrected chi connectivity index (χ3v) is 5.22. The normalized spacial score (nSPS) is 17.8. The molecule has 26 heavy (non-hydrogen) atoms. The molecule has 6 nitrogen and oxygen atoms in total. The van der Waals surface area contributed by atoms with Crippen molar-refractivity contribution in [1.29, 1.82) is 0 Å². The largest absolute Gasteiger partial charge is 0.360 e. The van der Waals surface area contributed by atoms with Crippen molar-refractivity contribution in [2.24, 2.45) is 0 Å². The summed E-state index contributed by atoms with van der Waals surface area (Å²) in [4.78, 5) is 28.5. The molecule has 1 aromatic heterocycles. The van der Waals surface area contributed by atoms with Crippen LogP contribution < -0.4 is 0 Å². The zero-order chi connectivity index (χ0) is 17.9. The van der Waals surface area contributed by atoms with Crippen LogP contribution in [0.3, 0.4) is 0 Å². The van der Waals surface area contributed by atoms with Gasteiger partial charge in [-0.15, -0.1) is 0 Å². The van der Waals surface area contributed by atoms with E-state index in [2.05, 4.69) is 5.16 Å². The lowest BCUT2D eigenvalue weighted by Gasteiger charge is -2.29. The number of fused-ring (bicyclic) bond motifs is 1. The zero-order valence-corrected chi connectivity index (χ0v) is 14.8. The first-order valence-corrected chi connectivity index (χ1v) is 9.31. The Morgan fingerprint density at radius 2 is 1.92 bits per heavy atom. The fraction of sp³-hybridized carbons (Fsp3) is 0.450. The van der Waals surface area contributed by atoms with Gasteiger partial charge in [-0.2, -0.15) is 0 Å². The van der Waals surface area contributed by atoms with Gasteiger partial charge in [-0.1, -0.05) is 41.9 Å². The van der Waals surface area contributed by atoms with Crippen LogP contribution >= 0.6 is 0 Å². The molecule has 1 aromatic carbocycles. The molecule has 0 atom stereocenters. The fourth-order valence-electron chi connectivity index (χ4n) is 3.71. The molecule has 1 saturated heterocycles. The maximum absolute atomic E-state index is 12.8. The molecule has 0 radical (unpaired) electrons. The van der Waals surface area contributed by atoms with E-state index >= 15 is 0 Å². The van der Waals surface area contributed by atoms with E-state index in [1.165, 1.54) is 0 Å². The smallest absolute Gasteiger partial charge is 0.242 e. The van der Waals surface area contributed by atoms with Crippen LogP contribution in [0.4, 0.5) is 0 Å². The van der Waals surface area contributed by atoms with E-state index in [4.69, 9.17) is 4.52 Å². The van der Waals surface area contributed by atoms with E-state index in [1.54, 1.807) is 4.90 Å². The summed E-state index contributed by atoms with van der Waals surface area (Å²) in [5.74, 6) is 0.966. The number of benzene rings is 1. The first-order valence-electron chi connectivity index (χ1n) is 9.31. The Balaban J connectivity index is 1.48. The Hall–Kier alpha value is -2.63. The predicted molar refractivity (Wildman–Crippen MR) is 96.1 cm³/mol. The van der Waals surface area contributed by atoms with Crippen LogP contribution in [0.25, 0.3) is 11.3 Å². The monoisotopic (exact) mass is 353 g/mol. The second-order valence-electron chi connectivity index (χ2n) is 6.99. The molecule has 0 spiro atoms. The number of nitrogens with zero attached hydrogens (tertiary/aromatic N) is 3. The highest BCUT2D eigenvalue weighted by atomic mass is 16.5. The summed E-state index contributed by atoms with van der Waals surface area (Å²) >= 11 is 0. The molecule has 1 fully saturated rings. The molecule has 3 heterocycles. The van der Waals surface area contributed by atoms with Crippen LogP contribution in [-0.4, -0.2) is 46.4 Å². The molecular formula is C20H23N3O3. The Bertz CT molecular complexity index is 800. The molecule has 0 saturated carbocycles. The van der Waals surface area contributed by atoms with Crippen LogP contribution in [0.15, 0.2) is 34.9 Å². The molecule has 4 rings (SSSR count). The summed E-state index contributed by atoms with van der Waals surface area (Å²) in [6.45, 7) is 1.97. The van der Waals surface area contributed by atoms with Crippen molar-refractivity contribution in [3.63, 3.8) is 0 Å². The third-order valence-electron chi connectivity index (χ3n) is 5.22. The summed E-state index contributed by atoms with van der Waals surface area (Å²) in [6, 6.07) is 9.88. The third kappa shape index (κ3) is 3.36. The average Bonchev–Trinajstić information content (AvgIpc) is 3.00. The van der Waals surface area contributed by atoms with E-state index in [0.717, 1.165) is 41.8 Å². The van der Waals surface area contributed by atoms with E-state index in [0.29, 0.717) is 32.5 Å². The van der Waals surface area contributed by atoms with Gasteiger partial charge >= 0.3 is 0 Å². The first-order chi connectivity index (χ1) is 12.7. The van der Waals surface area contributed by atoms with Gasteiger partial charge in [0, 0.05) is 37.1 Å². The minimum Gasteiger partial charge on any atom is -0.360 e. The molecule has 0 N–H and O–H groups in total. The second kappa shape index (κ2) is 7.32. The topological polar surface area (TPSA) is 66.7 Å². The Labute approximate surface area is 152 Å². The van der Waals surface area contributed by atoms with Crippen molar-refractivity contribution in [3.8, 4) is 11.3 Å². The summed E-state index contributed by atoms with van der Waals surface area (Å²) in [5.41, 5.74) is 2.79. The minimum atomic E-state index is 0.00566. The minimum absolute atomic E-state index is 0.00566. The van der Waals surface area contributed by atoms with Crippen LogP contribution in [-0.2, 0) is 22.6 Å². The van der Waals surface area contributed by atoms with Gasteiger partial charge in [0.15, 0.2) is 0 Å². The molecule has 136 valence electrons. The highest BCUT2D eigenvalue weighted by Crippen LogP contribution is 2.30. The van der Waals surface area contributed by atoms with Gasteiger partial charge in [-0.3, -0.25) is 9.59 Å². The molecule has 2 aliphatic rings. The SMILES string of the molecule is O=C1CCCCCN1CC(=O)N1CCc2onc(-c3ccccc3)c2C1. The number of hydrogen-bond donors (Lipinski definition) is 0. The van der Waals surface area contributed by atoms with Gasteiger partial charge in [-0.25, -0.2) is 0 Å². The van der Waals surface area contributed by atoms with E-state index < -0.39 is 0 Å². The van der Waals surface area contributed by atoms with Gasteiger partial charge in [0.05, 0.1) is 13.1 Å². The van der Waals surface area contributed by atoms with Crippen molar-refractivity contribution in [2.45, 2.75) is 38.6 Å². The van der Waals surface area contributed by atoms with Crippen molar-refractivity contribution in [2.75, 3.05) is 19.6 Å². The standard InChI is InChI=1S/C20H23N3O3/c24-18-9-5-2-6-11-22(18)14-19(25)23-12-10-17-16(13-23)20(21-26-17)15-7-3-1-4-8-15/h1,3-4,7-8H,2,5-6,9-14H2. The number of carbonyl (C=O) groups is 2. The number of carbonyl (C=O) groups excluding carboxylic acids is 2. The number of amides is 2. The Morgan fingerprint density at radius 1 is 1.08 bits per heavy atom. The lowest BCUT2D eigenvalue weighted by atomic mass is 10.0. The van der Waals surface area contributed by atoms with Gasteiger partial charge < -0.3 is 14.3 Å². The quantitative estimate of drug-likeness (QED) is 0.851.